The minimum atomic E-state index is -1.47. The number of anilines is 1. The third-order valence-electron chi connectivity index (χ3n) is 4.94. The van der Waals surface area contributed by atoms with E-state index >= 15 is 0 Å². The molecule has 28 heavy (non-hydrogen) atoms. The fourth-order valence-corrected chi connectivity index (χ4v) is 4.52. The van der Waals surface area contributed by atoms with Crippen molar-refractivity contribution in [3.05, 3.63) is 46.9 Å². The molecule has 5 nitrogen and oxygen atoms in total. The van der Waals surface area contributed by atoms with Crippen molar-refractivity contribution in [1.82, 2.24) is 14.5 Å². The van der Waals surface area contributed by atoms with Crippen LogP contribution >= 0.6 is 0 Å². The zero-order valence-electron chi connectivity index (χ0n) is 16.3. The highest BCUT2D eigenvalue weighted by Crippen LogP contribution is 2.26. The summed E-state index contributed by atoms with van der Waals surface area (Å²) in [6.07, 6.45) is 2.40. The number of fused-ring (bicyclic) bond motifs is 1. The molecule has 2 heterocycles. The van der Waals surface area contributed by atoms with Crippen LogP contribution in [0.15, 0.2) is 23.1 Å². The zero-order valence-corrected chi connectivity index (χ0v) is 17.1. The number of halogens is 2. The van der Waals surface area contributed by atoms with Crippen molar-refractivity contribution in [3.8, 4) is 0 Å². The summed E-state index contributed by atoms with van der Waals surface area (Å²) in [5.41, 5.74) is 9.72. The Kier molecular flexibility index (Phi) is 6.20. The van der Waals surface area contributed by atoms with E-state index in [1.807, 2.05) is 20.8 Å². The van der Waals surface area contributed by atoms with Crippen LogP contribution in [0.4, 0.5) is 14.6 Å². The van der Waals surface area contributed by atoms with E-state index in [1.165, 1.54) is 6.07 Å². The number of aryl methyl sites for hydroxylation is 4. The summed E-state index contributed by atoms with van der Waals surface area (Å²) >= 11 is -1.47. The topological polar surface area (TPSA) is 79.8 Å². The number of hydrogen-bond acceptors (Lipinski definition) is 4. The van der Waals surface area contributed by atoms with Gasteiger partial charge in [0.15, 0.2) is 16.5 Å². The van der Waals surface area contributed by atoms with Crippen LogP contribution < -0.4 is 5.73 Å². The Bertz CT molecular complexity index is 1010. The first-order chi connectivity index (χ1) is 13.3. The first-order valence-electron chi connectivity index (χ1n) is 9.22. The van der Waals surface area contributed by atoms with Crippen molar-refractivity contribution in [3.63, 3.8) is 0 Å². The maximum absolute atomic E-state index is 13.7. The maximum atomic E-state index is 13.7. The Labute approximate surface area is 166 Å². The Morgan fingerprint density at radius 2 is 1.86 bits per heavy atom. The fourth-order valence-electron chi connectivity index (χ4n) is 3.34. The summed E-state index contributed by atoms with van der Waals surface area (Å²) in [4.78, 5) is 8.95. The molecule has 0 spiro atoms. The summed E-state index contributed by atoms with van der Waals surface area (Å²) in [5.74, 6) is 0.255. The van der Waals surface area contributed by atoms with Crippen molar-refractivity contribution >= 4 is 28.0 Å². The molecule has 1 aromatic carbocycles. The number of hydrogen-bond donors (Lipinski definition) is 1. The quantitative estimate of drug-likeness (QED) is 0.471. The SMILES string of the molecule is Cc1nc(N)c2nc(C)n(CCCCC[S+]([O-])c3ccc(F)cc3F)c2c1C. The van der Waals surface area contributed by atoms with Crippen molar-refractivity contribution in [2.45, 2.75) is 51.5 Å². The molecular formula is C20H24F2N4OS. The van der Waals surface area contributed by atoms with E-state index in [-0.39, 0.29) is 4.90 Å². The fraction of sp³-hybridized carbons (Fsp3) is 0.400. The molecule has 8 heteroatoms. The lowest BCUT2D eigenvalue weighted by molar-refractivity contribution is 0.545. The van der Waals surface area contributed by atoms with Crippen molar-refractivity contribution in [1.29, 1.82) is 0 Å². The van der Waals surface area contributed by atoms with Crippen LogP contribution in [-0.4, -0.2) is 24.8 Å². The number of nitrogens with two attached hydrogens (primary N) is 1. The van der Waals surface area contributed by atoms with Crippen LogP contribution in [-0.2, 0) is 17.7 Å². The lowest BCUT2D eigenvalue weighted by Gasteiger charge is -2.12. The standard InChI is InChI=1S/C20H24F2N4OS/c1-12-13(2)24-20(23)18-19(12)26(14(3)25-18)9-5-4-6-10-28(27)17-8-7-15(21)11-16(17)22/h7-8,11H,4-6,9-10H2,1-3H3,(H2,23,24). The van der Waals surface area contributed by atoms with Gasteiger partial charge in [-0.2, -0.15) is 0 Å². The summed E-state index contributed by atoms with van der Waals surface area (Å²) in [6, 6.07) is 3.16. The first kappa shape index (κ1) is 20.5. The van der Waals surface area contributed by atoms with E-state index in [0.29, 0.717) is 18.0 Å². The molecule has 2 N–H and O–H groups in total. The highest BCUT2D eigenvalue weighted by atomic mass is 32.2. The second kappa shape index (κ2) is 8.45. The minimum Gasteiger partial charge on any atom is -0.611 e. The molecule has 0 aliphatic rings. The van der Waals surface area contributed by atoms with Gasteiger partial charge >= 0.3 is 0 Å². The predicted octanol–water partition coefficient (Wildman–Crippen LogP) is 4.20. The smallest absolute Gasteiger partial charge is 0.188 e. The number of benzene rings is 1. The average molecular weight is 407 g/mol. The second-order valence-electron chi connectivity index (χ2n) is 6.90. The lowest BCUT2D eigenvalue weighted by Crippen LogP contribution is -2.10. The number of nitrogen functional groups attached to an aromatic ring is 1. The molecule has 0 amide bonds. The number of unbranched alkanes of at least 4 members (excludes halogenated alkanes) is 2. The van der Waals surface area contributed by atoms with Gasteiger partial charge in [-0.1, -0.05) is 0 Å². The van der Waals surface area contributed by atoms with Gasteiger partial charge in [-0.25, -0.2) is 18.7 Å². The molecular weight excluding hydrogens is 382 g/mol. The largest absolute Gasteiger partial charge is 0.611 e. The number of rotatable bonds is 7. The molecule has 0 saturated carbocycles. The van der Waals surface area contributed by atoms with Gasteiger partial charge in [-0.3, -0.25) is 0 Å². The van der Waals surface area contributed by atoms with Crippen LogP contribution in [0.2, 0.25) is 0 Å². The van der Waals surface area contributed by atoms with Gasteiger partial charge in [0.2, 0.25) is 0 Å². The van der Waals surface area contributed by atoms with Crippen LogP contribution in [0.1, 0.15) is 36.3 Å². The monoisotopic (exact) mass is 406 g/mol. The third-order valence-corrected chi connectivity index (χ3v) is 6.42. The molecule has 1 atom stereocenters. The Balaban J connectivity index is 1.59. The van der Waals surface area contributed by atoms with E-state index in [2.05, 4.69) is 14.5 Å². The average Bonchev–Trinajstić information content (AvgIpc) is 2.96. The van der Waals surface area contributed by atoms with Gasteiger partial charge in [0, 0.05) is 18.3 Å². The second-order valence-corrected chi connectivity index (χ2v) is 8.44. The molecule has 3 rings (SSSR count). The van der Waals surface area contributed by atoms with E-state index in [4.69, 9.17) is 5.73 Å². The Morgan fingerprint density at radius 1 is 1.11 bits per heavy atom. The predicted molar refractivity (Wildman–Crippen MR) is 108 cm³/mol. The first-order valence-corrected chi connectivity index (χ1v) is 10.5. The van der Waals surface area contributed by atoms with E-state index in [1.54, 1.807) is 0 Å². The third kappa shape index (κ3) is 4.12. The molecule has 150 valence electrons. The molecule has 0 saturated heterocycles. The van der Waals surface area contributed by atoms with Crippen LogP contribution in [0.25, 0.3) is 11.0 Å². The van der Waals surface area contributed by atoms with Gasteiger partial charge in [0.25, 0.3) is 0 Å². The van der Waals surface area contributed by atoms with Gasteiger partial charge in [0.1, 0.15) is 22.9 Å². The highest BCUT2D eigenvalue weighted by Gasteiger charge is 2.18. The van der Waals surface area contributed by atoms with Gasteiger partial charge in [-0.15, -0.1) is 0 Å². The molecule has 1 unspecified atom stereocenters. The molecule has 0 aliphatic heterocycles. The van der Waals surface area contributed by atoms with E-state index in [9.17, 15) is 13.3 Å². The number of pyridine rings is 1. The minimum absolute atomic E-state index is 0.0620. The van der Waals surface area contributed by atoms with Gasteiger partial charge in [-0.05, 0) is 68.9 Å². The summed E-state index contributed by atoms with van der Waals surface area (Å²) in [5, 5.41) is 0. The molecule has 0 fully saturated rings. The highest BCUT2D eigenvalue weighted by molar-refractivity contribution is 7.91. The van der Waals surface area contributed by atoms with Gasteiger partial charge < -0.3 is 14.9 Å². The molecule has 0 aliphatic carbocycles. The van der Waals surface area contributed by atoms with Crippen LogP contribution in [0.3, 0.4) is 0 Å². The lowest BCUT2D eigenvalue weighted by atomic mass is 10.2. The number of imidazole rings is 1. The normalized spacial score (nSPS) is 12.6. The van der Waals surface area contributed by atoms with Crippen LogP contribution in [0, 0.1) is 32.4 Å². The molecule has 2 aromatic heterocycles. The molecule has 0 radical (unpaired) electrons. The summed E-state index contributed by atoms with van der Waals surface area (Å²) in [7, 11) is 0. The number of nitrogens with zero attached hydrogens (tertiary/aromatic N) is 3. The Hall–Kier alpha value is -2.19. The van der Waals surface area contributed by atoms with E-state index < -0.39 is 22.8 Å². The van der Waals surface area contributed by atoms with Crippen molar-refractivity contribution in [2.24, 2.45) is 0 Å². The summed E-state index contributed by atoms with van der Waals surface area (Å²) in [6.45, 7) is 6.66. The van der Waals surface area contributed by atoms with E-state index in [0.717, 1.165) is 59.6 Å². The maximum Gasteiger partial charge on any atom is 0.188 e. The van der Waals surface area contributed by atoms with Crippen molar-refractivity contribution in [2.75, 3.05) is 11.5 Å². The van der Waals surface area contributed by atoms with Crippen molar-refractivity contribution < 1.29 is 13.3 Å². The van der Waals surface area contributed by atoms with Crippen LogP contribution in [0.5, 0.6) is 0 Å². The summed E-state index contributed by atoms with van der Waals surface area (Å²) < 4.78 is 41.0. The molecule has 0 bridgehead atoms. The molecule has 3 aromatic rings. The van der Waals surface area contributed by atoms with Gasteiger partial charge in [0.05, 0.1) is 5.52 Å². The number of aromatic nitrogens is 3. The Morgan fingerprint density at radius 3 is 2.57 bits per heavy atom. The zero-order chi connectivity index (χ0) is 20.4.